The van der Waals surface area contributed by atoms with Gasteiger partial charge in [0.25, 0.3) is 0 Å². The van der Waals surface area contributed by atoms with Crippen molar-refractivity contribution >= 4 is 10.1 Å². The van der Waals surface area contributed by atoms with E-state index in [1.165, 1.54) is 47.4 Å². The quantitative estimate of drug-likeness (QED) is 0.660. The number of tetrazole rings is 1. The number of halogens is 1. The second kappa shape index (κ2) is 6.13. The van der Waals surface area contributed by atoms with Crippen molar-refractivity contribution in [1.82, 2.24) is 20.2 Å². The lowest BCUT2D eigenvalue weighted by atomic mass is 10.2. The van der Waals surface area contributed by atoms with Crippen LogP contribution in [0.3, 0.4) is 0 Å². The van der Waals surface area contributed by atoms with Gasteiger partial charge in [-0.15, -0.1) is 5.10 Å². The highest BCUT2D eigenvalue weighted by Crippen LogP contribution is 2.19. The molecule has 0 aliphatic rings. The maximum Gasteiger partial charge on any atom is 0.313 e. The second-order valence-corrected chi connectivity index (χ2v) is 6.23. The number of hydrogen-bond donors (Lipinski definition) is 0. The molecule has 9 heteroatoms. The van der Waals surface area contributed by atoms with Crippen LogP contribution in [0.2, 0.25) is 0 Å². The third kappa shape index (κ3) is 3.89. The molecular formula is C14H11FN4O3S. The van der Waals surface area contributed by atoms with Gasteiger partial charge in [0.2, 0.25) is 0 Å². The van der Waals surface area contributed by atoms with Gasteiger partial charge in [0.1, 0.15) is 23.6 Å². The van der Waals surface area contributed by atoms with E-state index in [0.29, 0.717) is 11.3 Å². The molecule has 7 nitrogen and oxygen atoms in total. The molecular weight excluding hydrogens is 323 g/mol. The van der Waals surface area contributed by atoms with Gasteiger partial charge in [0.05, 0.1) is 5.69 Å². The van der Waals surface area contributed by atoms with E-state index < -0.39 is 15.9 Å². The number of nitrogens with zero attached hydrogens (tertiary/aromatic N) is 4. The summed E-state index contributed by atoms with van der Waals surface area (Å²) in [7, 11) is -3.87. The lowest BCUT2D eigenvalue weighted by Gasteiger charge is -2.08. The Morgan fingerprint density at radius 2 is 1.91 bits per heavy atom. The van der Waals surface area contributed by atoms with Gasteiger partial charge < -0.3 is 4.18 Å². The first-order valence-electron chi connectivity index (χ1n) is 6.52. The zero-order valence-electron chi connectivity index (χ0n) is 11.7. The van der Waals surface area contributed by atoms with E-state index in [-0.39, 0.29) is 11.5 Å². The SMILES string of the molecule is O=S(=O)(Cc1ccc(F)cc1)Oc1cccc(-n2cnnn2)c1. The standard InChI is InChI=1S/C14H11FN4O3S/c15-12-6-4-11(5-7-12)9-23(20,21)22-14-3-1-2-13(8-14)19-10-16-17-18-19/h1-8,10H,9H2. The Labute approximate surface area is 131 Å². The number of rotatable bonds is 5. The molecule has 23 heavy (non-hydrogen) atoms. The molecule has 0 bridgehead atoms. The molecule has 0 fully saturated rings. The fraction of sp³-hybridized carbons (Fsp3) is 0.0714. The first-order chi connectivity index (χ1) is 11.0. The highest BCUT2D eigenvalue weighted by Gasteiger charge is 2.15. The Morgan fingerprint density at radius 1 is 1.13 bits per heavy atom. The monoisotopic (exact) mass is 334 g/mol. The Kier molecular flexibility index (Phi) is 4.02. The summed E-state index contributed by atoms with van der Waals surface area (Å²) in [6, 6.07) is 11.5. The van der Waals surface area contributed by atoms with E-state index in [2.05, 4.69) is 15.5 Å². The van der Waals surface area contributed by atoms with Crippen molar-refractivity contribution < 1.29 is 17.0 Å². The van der Waals surface area contributed by atoms with Gasteiger partial charge >= 0.3 is 10.1 Å². The molecule has 0 atom stereocenters. The van der Waals surface area contributed by atoms with Crippen LogP contribution in [0.25, 0.3) is 5.69 Å². The molecule has 3 aromatic rings. The van der Waals surface area contributed by atoms with E-state index >= 15 is 0 Å². The fourth-order valence-electron chi connectivity index (χ4n) is 1.92. The van der Waals surface area contributed by atoms with Crippen molar-refractivity contribution in [2.75, 3.05) is 0 Å². The first-order valence-corrected chi connectivity index (χ1v) is 8.10. The summed E-state index contributed by atoms with van der Waals surface area (Å²) < 4.78 is 43.5. The predicted molar refractivity (Wildman–Crippen MR) is 78.8 cm³/mol. The normalized spacial score (nSPS) is 11.3. The van der Waals surface area contributed by atoms with E-state index in [1.807, 2.05) is 0 Å². The maximum atomic E-state index is 12.8. The molecule has 0 N–H and O–H groups in total. The minimum Gasteiger partial charge on any atom is -0.382 e. The molecule has 2 aromatic carbocycles. The third-order valence-electron chi connectivity index (χ3n) is 2.91. The van der Waals surface area contributed by atoms with Crippen LogP contribution in [-0.4, -0.2) is 28.6 Å². The van der Waals surface area contributed by atoms with Crippen molar-refractivity contribution in [2.45, 2.75) is 5.75 Å². The van der Waals surface area contributed by atoms with Crippen molar-refractivity contribution in [3.8, 4) is 11.4 Å². The van der Waals surface area contributed by atoms with Crippen LogP contribution in [-0.2, 0) is 15.9 Å². The summed E-state index contributed by atoms with van der Waals surface area (Å²) in [5.74, 6) is -0.649. The number of hydrogen-bond acceptors (Lipinski definition) is 6. The van der Waals surface area contributed by atoms with Crippen LogP contribution >= 0.6 is 0 Å². The number of benzene rings is 2. The summed E-state index contributed by atoms with van der Waals surface area (Å²) in [5, 5.41) is 10.7. The molecule has 0 unspecified atom stereocenters. The van der Waals surface area contributed by atoms with Crippen molar-refractivity contribution in [3.63, 3.8) is 0 Å². The van der Waals surface area contributed by atoms with Gasteiger partial charge in [0, 0.05) is 6.07 Å². The van der Waals surface area contributed by atoms with Gasteiger partial charge in [-0.2, -0.15) is 8.42 Å². The topological polar surface area (TPSA) is 87.0 Å². The Morgan fingerprint density at radius 3 is 2.61 bits per heavy atom. The zero-order valence-corrected chi connectivity index (χ0v) is 12.5. The lowest BCUT2D eigenvalue weighted by Crippen LogP contribution is -2.12. The van der Waals surface area contributed by atoms with Gasteiger partial charge in [-0.3, -0.25) is 0 Å². The van der Waals surface area contributed by atoms with Gasteiger partial charge in [0.15, 0.2) is 0 Å². The van der Waals surface area contributed by atoms with Crippen molar-refractivity contribution in [2.24, 2.45) is 0 Å². The van der Waals surface area contributed by atoms with Crippen LogP contribution in [0.15, 0.2) is 54.9 Å². The van der Waals surface area contributed by atoms with Crippen LogP contribution < -0.4 is 4.18 Å². The Bertz CT molecular complexity index is 896. The van der Waals surface area contributed by atoms with E-state index in [4.69, 9.17) is 4.18 Å². The van der Waals surface area contributed by atoms with Gasteiger partial charge in [-0.1, -0.05) is 18.2 Å². The van der Waals surface area contributed by atoms with Crippen LogP contribution in [0.5, 0.6) is 5.75 Å². The Hall–Kier alpha value is -2.81. The molecule has 0 aliphatic heterocycles. The molecule has 1 heterocycles. The van der Waals surface area contributed by atoms with E-state index in [0.717, 1.165) is 0 Å². The summed E-state index contributed by atoms with van der Waals surface area (Å²) in [5.41, 5.74) is 0.993. The zero-order chi connectivity index (χ0) is 16.3. The lowest BCUT2D eigenvalue weighted by molar-refractivity contribution is 0.484. The highest BCUT2D eigenvalue weighted by molar-refractivity contribution is 7.86. The van der Waals surface area contributed by atoms with Crippen LogP contribution in [0, 0.1) is 5.82 Å². The minimum atomic E-state index is -3.87. The molecule has 0 aliphatic carbocycles. The van der Waals surface area contributed by atoms with Crippen molar-refractivity contribution in [3.05, 3.63) is 66.2 Å². The smallest absolute Gasteiger partial charge is 0.313 e. The average molecular weight is 334 g/mol. The summed E-state index contributed by atoms with van der Waals surface area (Å²) in [6.07, 6.45) is 1.38. The molecule has 0 radical (unpaired) electrons. The number of aromatic nitrogens is 4. The first kappa shape index (κ1) is 15.1. The maximum absolute atomic E-state index is 12.8. The highest BCUT2D eigenvalue weighted by atomic mass is 32.2. The Balaban J connectivity index is 1.78. The second-order valence-electron chi connectivity index (χ2n) is 4.66. The largest absolute Gasteiger partial charge is 0.382 e. The fourth-order valence-corrected chi connectivity index (χ4v) is 2.97. The van der Waals surface area contributed by atoms with Crippen LogP contribution in [0.4, 0.5) is 4.39 Å². The van der Waals surface area contributed by atoms with Crippen molar-refractivity contribution in [1.29, 1.82) is 0 Å². The van der Waals surface area contributed by atoms with E-state index in [9.17, 15) is 12.8 Å². The predicted octanol–water partition coefficient (Wildman–Crippen LogP) is 1.71. The van der Waals surface area contributed by atoms with Crippen LogP contribution in [0.1, 0.15) is 5.56 Å². The van der Waals surface area contributed by atoms with Gasteiger partial charge in [-0.25, -0.2) is 9.07 Å². The molecule has 3 rings (SSSR count). The molecule has 1 aromatic heterocycles. The van der Waals surface area contributed by atoms with E-state index in [1.54, 1.807) is 12.1 Å². The molecule has 118 valence electrons. The van der Waals surface area contributed by atoms with Gasteiger partial charge in [-0.05, 0) is 40.3 Å². The molecule has 0 amide bonds. The summed E-state index contributed by atoms with van der Waals surface area (Å²) in [6.45, 7) is 0. The molecule has 0 spiro atoms. The summed E-state index contributed by atoms with van der Waals surface area (Å²) >= 11 is 0. The molecule has 0 saturated carbocycles. The minimum absolute atomic E-state index is 0.139. The third-order valence-corrected chi connectivity index (χ3v) is 4.04. The average Bonchev–Trinajstić information content (AvgIpc) is 3.03. The summed E-state index contributed by atoms with van der Waals surface area (Å²) in [4.78, 5) is 0. The molecule has 0 saturated heterocycles.